The molecule has 0 bridgehead atoms. The van der Waals surface area contributed by atoms with Crippen LogP contribution >= 0.6 is 15.9 Å². The second kappa shape index (κ2) is 6.55. The molecule has 1 fully saturated rings. The molecule has 1 atom stereocenters. The molecule has 1 nitrogen and oxygen atoms in total. The first-order valence-corrected chi connectivity index (χ1v) is 7.57. The zero-order valence-corrected chi connectivity index (χ0v) is 12.2. The number of hydrogen-bond donors (Lipinski definition) is 1. The molecule has 17 heavy (non-hydrogen) atoms. The van der Waals surface area contributed by atoms with Crippen LogP contribution in [0.15, 0.2) is 28.7 Å². The Kier molecular flexibility index (Phi) is 5.05. The van der Waals surface area contributed by atoms with Gasteiger partial charge in [-0.3, -0.25) is 0 Å². The van der Waals surface area contributed by atoms with E-state index in [0.717, 1.165) is 12.5 Å². The Labute approximate surface area is 113 Å². The van der Waals surface area contributed by atoms with Gasteiger partial charge in [0.25, 0.3) is 0 Å². The molecule has 0 spiro atoms. The topological polar surface area (TPSA) is 12.0 Å². The van der Waals surface area contributed by atoms with Crippen LogP contribution < -0.4 is 5.32 Å². The Morgan fingerprint density at radius 3 is 2.88 bits per heavy atom. The van der Waals surface area contributed by atoms with Crippen molar-refractivity contribution in [1.82, 2.24) is 5.32 Å². The molecule has 0 aromatic heterocycles. The molecule has 1 unspecified atom stereocenters. The third kappa shape index (κ3) is 4.44. The van der Waals surface area contributed by atoms with E-state index in [1.807, 2.05) is 0 Å². The van der Waals surface area contributed by atoms with Crippen molar-refractivity contribution >= 4 is 15.9 Å². The first kappa shape index (κ1) is 13.1. The molecule has 1 N–H and O–H groups in total. The van der Waals surface area contributed by atoms with E-state index in [4.69, 9.17) is 0 Å². The third-order valence-corrected chi connectivity index (χ3v) is 3.95. The Morgan fingerprint density at radius 2 is 2.24 bits per heavy atom. The summed E-state index contributed by atoms with van der Waals surface area (Å²) in [6.45, 7) is 3.34. The highest BCUT2D eigenvalue weighted by molar-refractivity contribution is 9.10. The van der Waals surface area contributed by atoms with Crippen molar-refractivity contribution in [3.8, 4) is 0 Å². The molecule has 0 amide bonds. The molecule has 0 aliphatic heterocycles. The van der Waals surface area contributed by atoms with Gasteiger partial charge in [0.2, 0.25) is 0 Å². The van der Waals surface area contributed by atoms with Crippen LogP contribution in [0.2, 0.25) is 0 Å². The van der Waals surface area contributed by atoms with E-state index < -0.39 is 0 Å². The molecular formula is C15H22BrN. The second-order valence-corrected chi connectivity index (χ2v) is 6.00. The van der Waals surface area contributed by atoms with E-state index in [2.05, 4.69) is 52.4 Å². The highest BCUT2D eigenvalue weighted by atomic mass is 79.9. The molecule has 0 heterocycles. The molecule has 2 rings (SSSR count). The van der Waals surface area contributed by atoms with Gasteiger partial charge in [-0.15, -0.1) is 0 Å². The first-order valence-electron chi connectivity index (χ1n) is 6.78. The van der Waals surface area contributed by atoms with Crippen LogP contribution in [0.3, 0.4) is 0 Å². The van der Waals surface area contributed by atoms with Gasteiger partial charge in [-0.25, -0.2) is 0 Å². The number of nitrogens with one attached hydrogen (secondary N) is 1. The SMILES string of the molecule is CCCNC(CCC1CC1)c1cccc(Br)c1. The normalized spacial score (nSPS) is 17.1. The van der Waals surface area contributed by atoms with Crippen molar-refractivity contribution in [2.45, 2.75) is 45.1 Å². The minimum Gasteiger partial charge on any atom is -0.310 e. The van der Waals surface area contributed by atoms with Crippen LogP contribution in [0.1, 0.15) is 50.6 Å². The van der Waals surface area contributed by atoms with Gasteiger partial charge in [-0.05, 0) is 49.4 Å². The summed E-state index contributed by atoms with van der Waals surface area (Å²) < 4.78 is 1.18. The van der Waals surface area contributed by atoms with Crippen LogP contribution in [0, 0.1) is 5.92 Å². The summed E-state index contributed by atoms with van der Waals surface area (Å²) in [4.78, 5) is 0. The average Bonchev–Trinajstić information content (AvgIpc) is 3.13. The lowest BCUT2D eigenvalue weighted by molar-refractivity contribution is 0.470. The van der Waals surface area contributed by atoms with Crippen LogP contribution in [0.5, 0.6) is 0 Å². The van der Waals surface area contributed by atoms with Crippen molar-refractivity contribution in [2.24, 2.45) is 5.92 Å². The van der Waals surface area contributed by atoms with E-state index >= 15 is 0 Å². The fraction of sp³-hybridized carbons (Fsp3) is 0.600. The van der Waals surface area contributed by atoms with Gasteiger partial charge >= 0.3 is 0 Å². The van der Waals surface area contributed by atoms with Gasteiger partial charge in [-0.1, -0.05) is 47.8 Å². The molecule has 2 heteroatoms. The van der Waals surface area contributed by atoms with Crippen molar-refractivity contribution in [3.63, 3.8) is 0 Å². The molecular weight excluding hydrogens is 274 g/mol. The van der Waals surface area contributed by atoms with Crippen LogP contribution in [0.25, 0.3) is 0 Å². The van der Waals surface area contributed by atoms with Crippen molar-refractivity contribution in [3.05, 3.63) is 34.3 Å². The summed E-state index contributed by atoms with van der Waals surface area (Å²) in [5.74, 6) is 1.02. The molecule has 1 aromatic carbocycles. The van der Waals surface area contributed by atoms with Gasteiger partial charge in [-0.2, -0.15) is 0 Å². The van der Waals surface area contributed by atoms with Gasteiger partial charge in [0, 0.05) is 10.5 Å². The summed E-state index contributed by atoms with van der Waals surface area (Å²) in [5, 5.41) is 3.68. The summed E-state index contributed by atoms with van der Waals surface area (Å²) in [6.07, 6.45) is 6.78. The van der Waals surface area contributed by atoms with Crippen molar-refractivity contribution < 1.29 is 0 Å². The average molecular weight is 296 g/mol. The number of hydrogen-bond acceptors (Lipinski definition) is 1. The Morgan fingerprint density at radius 1 is 1.41 bits per heavy atom. The maximum absolute atomic E-state index is 3.68. The minimum atomic E-state index is 0.535. The highest BCUT2D eigenvalue weighted by Gasteiger charge is 2.22. The van der Waals surface area contributed by atoms with E-state index in [1.165, 1.54) is 42.1 Å². The van der Waals surface area contributed by atoms with Gasteiger partial charge in [0.1, 0.15) is 0 Å². The van der Waals surface area contributed by atoms with Gasteiger partial charge in [0.05, 0.1) is 0 Å². The fourth-order valence-electron chi connectivity index (χ4n) is 2.24. The van der Waals surface area contributed by atoms with Crippen LogP contribution in [-0.4, -0.2) is 6.54 Å². The number of rotatable bonds is 7. The molecule has 94 valence electrons. The molecule has 1 aromatic rings. The quantitative estimate of drug-likeness (QED) is 0.770. The standard InChI is InChI=1S/C15H22BrN/c1-2-10-17-15(9-8-12-6-7-12)13-4-3-5-14(16)11-13/h3-5,11-12,15,17H,2,6-10H2,1H3. The largest absolute Gasteiger partial charge is 0.310 e. The predicted molar refractivity (Wildman–Crippen MR) is 77.1 cm³/mol. The molecule has 1 aliphatic carbocycles. The predicted octanol–water partition coefficient (Wildman–Crippen LogP) is 4.68. The number of halogens is 1. The van der Waals surface area contributed by atoms with Gasteiger partial charge < -0.3 is 5.32 Å². The molecule has 0 radical (unpaired) electrons. The Bertz CT molecular complexity index is 347. The minimum absolute atomic E-state index is 0.535. The highest BCUT2D eigenvalue weighted by Crippen LogP contribution is 2.36. The monoisotopic (exact) mass is 295 g/mol. The Hall–Kier alpha value is -0.340. The van der Waals surface area contributed by atoms with Crippen LogP contribution in [0.4, 0.5) is 0 Å². The van der Waals surface area contributed by atoms with Crippen molar-refractivity contribution in [2.75, 3.05) is 6.54 Å². The fourth-order valence-corrected chi connectivity index (χ4v) is 2.65. The summed E-state index contributed by atoms with van der Waals surface area (Å²) in [7, 11) is 0. The van der Waals surface area contributed by atoms with E-state index in [-0.39, 0.29) is 0 Å². The zero-order chi connectivity index (χ0) is 12.1. The smallest absolute Gasteiger partial charge is 0.0320 e. The molecule has 0 saturated heterocycles. The van der Waals surface area contributed by atoms with E-state index in [9.17, 15) is 0 Å². The lowest BCUT2D eigenvalue weighted by Gasteiger charge is -2.19. The van der Waals surface area contributed by atoms with E-state index in [0.29, 0.717) is 6.04 Å². The van der Waals surface area contributed by atoms with Crippen LogP contribution in [-0.2, 0) is 0 Å². The Balaban J connectivity index is 1.96. The number of benzene rings is 1. The molecule has 1 aliphatic rings. The zero-order valence-electron chi connectivity index (χ0n) is 10.6. The summed E-state index contributed by atoms with van der Waals surface area (Å²) in [5.41, 5.74) is 1.42. The van der Waals surface area contributed by atoms with Crippen molar-refractivity contribution in [1.29, 1.82) is 0 Å². The maximum atomic E-state index is 3.68. The summed E-state index contributed by atoms with van der Waals surface area (Å²) in [6, 6.07) is 9.26. The lowest BCUT2D eigenvalue weighted by atomic mass is 10.0. The summed E-state index contributed by atoms with van der Waals surface area (Å²) >= 11 is 3.56. The molecule has 1 saturated carbocycles. The van der Waals surface area contributed by atoms with Gasteiger partial charge in [0.15, 0.2) is 0 Å². The van der Waals surface area contributed by atoms with E-state index in [1.54, 1.807) is 0 Å². The first-order chi connectivity index (χ1) is 8.29. The lowest BCUT2D eigenvalue weighted by Crippen LogP contribution is -2.22. The third-order valence-electron chi connectivity index (χ3n) is 3.45. The maximum Gasteiger partial charge on any atom is 0.0320 e. The second-order valence-electron chi connectivity index (χ2n) is 5.08.